The fourth-order valence-electron chi connectivity index (χ4n) is 2.98. The van der Waals surface area contributed by atoms with Gasteiger partial charge in [0.25, 0.3) is 0 Å². The zero-order valence-corrected chi connectivity index (χ0v) is 17.8. The maximum atomic E-state index is 12.5. The van der Waals surface area contributed by atoms with Crippen molar-refractivity contribution in [2.24, 2.45) is 5.92 Å². The average molecular weight is 461 g/mol. The lowest BCUT2D eigenvalue weighted by Gasteiger charge is -2.19. The van der Waals surface area contributed by atoms with Crippen LogP contribution in [0.25, 0.3) is 16.9 Å². The largest absolute Gasteiger partial charge is 0.340 e. The standard InChI is InChI=1S/C21H24IN3O/c1-14(2)11-20(26)24(4)13-18-21(16-7-5-15(3)6-8-16)23-19-10-9-17(22)12-25(18)19/h5-10,12,14H,11,13H2,1-4H3. The number of aromatic nitrogens is 2. The smallest absolute Gasteiger partial charge is 0.222 e. The molecule has 0 saturated heterocycles. The van der Waals surface area contributed by atoms with E-state index < -0.39 is 0 Å². The van der Waals surface area contributed by atoms with Gasteiger partial charge in [0, 0.05) is 28.8 Å². The van der Waals surface area contributed by atoms with Crippen LogP contribution in [0.4, 0.5) is 0 Å². The van der Waals surface area contributed by atoms with E-state index in [1.807, 2.05) is 13.1 Å². The third kappa shape index (κ3) is 4.09. The van der Waals surface area contributed by atoms with Gasteiger partial charge in [0.1, 0.15) is 5.65 Å². The molecule has 2 heterocycles. The Bertz CT molecular complexity index is 928. The average Bonchev–Trinajstić information content (AvgIpc) is 2.93. The second-order valence-electron chi connectivity index (χ2n) is 7.20. The van der Waals surface area contributed by atoms with Crippen LogP contribution in [0.3, 0.4) is 0 Å². The number of aryl methyl sites for hydroxylation is 1. The summed E-state index contributed by atoms with van der Waals surface area (Å²) in [5.41, 5.74) is 5.19. The lowest BCUT2D eigenvalue weighted by atomic mass is 10.1. The fraction of sp³-hybridized carbons (Fsp3) is 0.333. The van der Waals surface area contributed by atoms with Crippen molar-refractivity contribution in [2.75, 3.05) is 7.05 Å². The molecule has 0 N–H and O–H groups in total. The second kappa shape index (κ2) is 7.78. The molecule has 0 atom stereocenters. The number of halogens is 1. The monoisotopic (exact) mass is 461 g/mol. The molecule has 0 aliphatic carbocycles. The number of imidazole rings is 1. The molecule has 136 valence electrons. The molecule has 0 saturated carbocycles. The molecule has 4 nitrogen and oxygen atoms in total. The van der Waals surface area contributed by atoms with Crippen molar-refractivity contribution >= 4 is 34.1 Å². The first-order valence-corrected chi connectivity index (χ1v) is 9.90. The van der Waals surface area contributed by atoms with E-state index in [0.717, 1.165) is 26.2 Å². The van der Waals surface area contributed by atoms with Crippen molar-refractivity contribution in [2.45, 2.75) is 33.7 Å². The van der Waals surface area contributed by atoms with Crippen molar-refractivity contribution < 1.29 is 4.79 Å². The quantitative estimate of drug-likeness (QED) is 0.506. The summed E-state index contributed by atoms with van der Waals surface area (Å²) in [6.07, 6.45) is 2.64. The van der Waals surface area contributed by atoms with Gasteiger partial charge < -0.3 is 9.30 Å². The summed E-state index contributed by atoms with van der Waals surface area (Å²) in [7, 11) is 1.87. The van der Waals surface area contributed by atoms with Crippen LogP contribution in [0.1, 0.15) is 31.5 Å². The number of amides is 1. The van der Waals surface area contributed by atoms with Gasteiger partial charge in [0.05, 0.1) is 17.9 Å². The molecule has 1 aromatic carbocycles. The number of hydrogen-bond donors (Lipinski definition) is 0. The Hall–Kier alpha value is -1.89. The van der Waals surface area contributed by atoms with Crippen LogP contribution in [0.5, 0.6) is 0 Å². The molecular weight excluding hydrogens is 437 g/mol. The first-order chi connectivity index (χ1) is 12.3. The third-order valence-corrected chi connectivity index (χ3v) is 5.04. The molecule has 2 aromatic heterocycles. The summed E-state index contributed by atoms with van der Waals surface area (Å²) < 4.78 is 3.25. The Morgan fingerprint density at radius 1 is 1.19 bits per heavy atom. The summed E-state index contributed by atoms with van der Waals surface area (Å²) in [4.78, 5) is 19.1. The molecule has 0 unspecified atom stereocenters. The molecule has 5 heteroatoms. The van der Waals surface area contributed by atoms with Crippen molar-refractivity contribution in [3.63, 3.8) is 0 Å². The summed E-state index contributed by atoms with van der Waals surface area (Å²) in [6, 6.07) is 12.5. The molecule has 0 radical (unpaired) electrons. The predicted molar refractivity (Wildman–Crippen MR) is 114 cm³/mol. The van der Waals surface area contributed by atoms with Crippen LogP contribution < -0.4 is 0 Å². The number of nitrogens with zero attached hydrogens (tertiary/aromatic N) is 3. The molecule has 0 aliphatic heterocycles. The minimum absolute atomic E-state index is 0.162. The maximum Gasteiger partial charge on any atom is 0.222 e. The van der Waals surface area contributed by atoms with Gasteiger partial charge in [0.2, 0.25) is 5.91 Å². The van der Waals surface area contributed by atoms with Gasteiger partial charge in [0.15, 0.2) is 0 Å². The highest BCUT2D eigenvalue weighted by molar-refractivity contribution is 14.1. The maximum absolute atomic E-state index is 12.5. The molecule has 0 spiro atoms. The number of pyridine rings is 1. The number of carbonyl (C=O) groups is 1. The van der Waals surface area contributed by atoms with E-state index in [9.17, 15) is 4.79 Å². The number of rotatable bonds is 5. The molecule has 0 fully saturated rings. The van der Waals surface area contributed by atoms with Crippen molar-refractivity contribution in [1.82, 2.24) is 14.3 Å². The van der Waals surface area contributed by atoms with Gasteiger partial charge in [-0.25, -0.2) is 4.98 Å². The summed E-state index contributed by atoms with van der Waals surface area (Å²) >= 11 is 2.31. The van der Waals surface area contributed by atoms with E-state index in [4.69, 9.17) is 4.98 Å². The highest BCUT2D eigenvalue weighted by Crippen LogP contribution is 2.27. The van der Waals surface area contributed by atoms with E-state index >= 15 is 0 Å². The van der Waals surface area contributed by atoms with E-state index in [1.54, 1.807) is 4.90 Å². The van der Waals surface area contributed by atoms with Crippen LogP contribution in [-0.4, -0.2) is 27.2 Å². The zero-order valence-electron chi connectivity index (χ0n) is 15.7. The first-order valence-electron chi connectivity index (χ1n) is 8.82. The number of fused-ring (bicyclic) bond motifs is 1. The first kappa shape index (κ1) is 18.9. The van der Waals surface area contributed by atoms with E-state index in [1.165, 1.54) is 5.56 Å². The molecule has 3 aromatic rings. The van der Waals surface area contributed by atoms with Gasteiger partial charge in [-0.1, -0.05) is 43.7 Å². The van der Waals surface area contributed by atoms with Crippen LogP contribution in [0.15, 0.2) is 42.6 Å². The Morgan fingerprint density at radius 2 is 1.88 bits per heavy atom. The number of hydrogen-bond acceptors (Lipinski definition) is 2. The molecule has 26 heavy (non-hydrogen) atoms. The second-order valence-corrected chi connectivity index (χ2v) is 8.44. The number of carbonyl (C=O) groups excluding carboxylic acids is 1. The van der Waals surface area contributed by atoms with E-state index in [2.05, 4.69) is 84.3 Å². The summed E-state index contributed by atoms with van der Waals surface area (Å²) in [5, 5.41) is 0. The molecule has 3 rings (SSSR count). The fourth-order valence-corrected chi connectivity index (χ4v) is 3.44. The SMILES string of the molecule is Cc1ccc(-c2nc3ccc(I)cn3c2CN(C)C(=O)CC(C)C)cc1. The predicted octanol–water partition coefficient (Wildman–Crippen LogP) is 4.92. The van der Waals surface area contributed by atoms with Crippen molar-refractivity contribution in [3.8, 4) is 11.3 Å². The van der Waals surface area contributed by atoms with Crippen molar-refractivity contribution in [1.29, 1.82) is 0 Å². The summed E-state index contributed by atoms with van der Waals surface area (Å²) in [5.74, 6) is 0.514. The van der Waals surface area contributed by atoms with Crippen LogP contribution in [0, 0.1) is 16.4 Å². The zero-order chi connectivity index (χ0) is 18.8. The minimum atomic E-state index is 0.162. The van der Waals surface area contributed by atoms with Crippen LogP contribution in [0.2, 0.25) is 0 Å². The lowest BCUT2D eigenvalue weighted by Crippen LogP contribution is -2.28. The molecule has 0 bridgehead atoms. The molecular formula is C21H24IN3O. The lowest BCUT2D eigenvalue weighted by molar-refractivity contribution is -0.131. The molecule has 0 aliphatic rings. The van der Waals surface area contributed by atoms with Crippen LogP contribution >= 0.6 is 22.6 Å². The van der Waals surface area contributed by atoms with Gasteiger partial charge in [-0.05, 0) is 47.6 Å². The van der Waals surface area contributed by atoms with Gasteiger partial charge in [-0.15, -0.1) is 0 Å². The third-order valence-electron chi connectivity index (χ3n) is 4.40. The van der Waals surface area contributed by atoms with Gasteiger partial charge in [-0.2, -0.15) is 0 Å². The summed E-state index contributed by atoms with van der Waals surface area (Å²) in [6.45, 7) is 6.76. The number of benzene rings is 1. The van der Waals surface area contributed by atoms with Gasteiger partial charge >= 0.3 is 0 Å². The highest BCUT2D eigenvalue weighted by Gasteiger charge is 2.19. The Labute approximate surface area is 168 Å². The normalized spacial score (nSPS) is 11.3. The Balaban J connectivity index is 2.06. The van der Waals surface area contributed by atoms with Crippen molar-refractivity contribution in [3.05, 3.63) is 57.4 Å². The van der Waals surface area contributed by atoms with E-state index in [0.29, 0.717) is 18.9 Å². The van der Waals surface area contributed by atoms with Gasteiger partial charge in [-0.3, -0.25) is 4.79 Å². The van der Waals surface area contributed by atoms with E-state index in [-0.39, 0.29) is 5.91 Å². The minimum Gasteiger partial charge on any atom is -0.340 e. The highest BCUT2D eigenvalue weighted by atomic mass is 127. The Kier molecular flexibility index (Phi) is 5.65. The molecule has 1 amide bonds. The van der Waals surface area contributed by atoms with Crippen LogP contribution in [-0.2, 0) is 11.3 Å². The topological polar surface area (TPSA) is 37.6 Å². The Morgan fingerprint density at radius 3 is 2.54 bits per heavy atom.